The standard InChI is InChI=1S/C62H115NO8/c1-3-5-7-9-11-13-15-16-17-18-19-20-21-22-23-24-25-26-27-28-29-30-31-32-33-34-35-36-37-38-39-40-42-44-46-48-50-52-58(66)63-55(54-70-62-61(69)60(68)59(67)57(53-64)71-62)56(65)51-49-47-45-43-41-14-12-10-8-6-4-2/h8,10,18-19,41,43,49,51,55-57,59-62,64-65,67-69H,3-7,9,11-17,20-40,42,44-48,50,52-54H2,1-2H3,(H,63,66)/b10-8+,19-18-,43-41+,51-49+. The van der Waals surface area contributed by atoms with Crippen LogP contribution in [0.3, 0.4) is 0 Å². The first kappa shape index (κ1) is 67.2. The zero-order valence-electron chi connectivity index (χ0n) is 46.2. The van der Waals surface area contributed by atoms with Crippen molar-refractivity contribution in [2.75, 3.05) is 13.2 Å². The second-order valence-electron chi connectivity index (χ2n) is 21.1. The largest absolute Gasteiger partial charge is 0.394 e. The molecule has 7 unspecified atom stereocenters. The van der Waals surface area contributed by atoms with Gasteiger partial charge in [0, 0.05) is 6.42 Å². The van der Waals surface area contributed by atoms with E-state index in [2.05, 4.69) is 55.6 Å². The summed E-state index contributed by atoms with van der Waals surface area (Å²) in [5.41, 5.74) is 0. The van der Waals surface area contributed by atoms with Gasteiger partial charge in [0.1, 0.15) is 24.4 Å². The molecule has 1 aliphatic heterocycles. The number of rotatable bonds is 52. The topological polar surface area (TPSA) is 149 Å². The summed E-state index contributed by atoms with van der Waals surface area (Å²) in [5.74, 6) is -0.189. The van der Waals surface area contributed by atoms with Crippen LogP contribution in [0, 0.1) is 0 Å². The first-order valence-electron chi connectivity index (χ1n) is 30.4. The second-order valence-corrected chi connectivity index (χ2v) is 21.1. The number of hydrogen-bond acceptors (Lipinski definition) is 8. The van der Waals surface area contributed by atoms with Crippen molar-refractivity contribution in [2.45, 2.75) is 326 Å². The summed E-state index contributed by atoms with van der Waals surface area (Å²) < 4.78 is 11.2. The molecule has 0 aromatic rings. The van der Waals surface area contributed by atoms with E-state index in [1.54, 1.807) is 6.08 Å². The van der Waals surface area contributed by atoms with Gasteiger partial charge in [-0.15, -0.1) is 0 Å². The fourth-order valence-corrected chi connectivity index (χ4v) is 9.55. The fourth-order valence-electron chi connectivity index (χ4n) is 9.55. The summed E-state index contributed by atoms with van der Waals surface area (Å²) >= 11 is 0. The SMILES string of the molecule is CCC/C=C/CC/C=C/CC/C=C/C(O)C(COC1OC(CO)C(O)C(O)C1O)NC(=O)CCCCCCCCCCCCCCCCCCCCCCCCCCC/C=C\CCCCCCCCCC. The molecule has 416 valence electrons. The molecule has 1 saturated heterocycles. The number of ether oxygens (including phenoxy) is 2. The minimum Gasteiger partial charge on any atom is -0.394 e. The molecular weight excluding hydrogens is 887 g/mol. The molecule has 71 heavy (non-hydrogen) atoms. The van der Waals surface area contributed by atoms with E-state index in [0.29, 0.717) is 6.42 Å². The minimum absolute atomic E-state index is 0.189. The summed E-state index contributed by atoms with van der Waals surface area (Å²) in [6.07, 6.45) is 62.3. The predicted molar refractivity (Wildman–Crippen MR) is 299 cm³/mol. The van der Waals surface area contributed by atoms with E-state index in [9.17, 15) is 30.3 Å². The summed E-state index contributed by atoms with van der Waals surface area (Å²) in [7, 11) is 0. The summed E-state index contributed by atoms with van der Waals surface area (Å²) in [6.45, 7) is 3.69. The summed E-state index contributed by atoms with van der Waals surface area (Å²) in [4.78, 5) is 13.0. The predicted octanol–water partition coefficient (Wildman–Crippen LogP) is 15.3. The number of carbonyl (C=O) groups excluding carboxylic acids is 1. The molecule has 9 nitrogen and oxygen atoms in total. The van der Waals surface area contributed by atoms with Crippen molar-refractivity contribution in [1.29, 1.82) is 0 Å². The van der Waals surface area contributed by atoms with Gasteiger partial charge in [0.2, 0.25) is 5.91 Å². The third-order valence-electron chi connectivity index (χ3n) is 14.3. The van der Waals surface area contributed by atoms with Gasteiger partial charge in [-0.25, -0.2) is 0 Å². The monoisotopic (exact) mass is 1000 g/mol. The quantitative estimate of drug-likeness (QED) is 0.0261. The van der Waals surface area contributed by atoms with E-state index in [4.69, 9.17) is 9.47 Å². The van der Waals surface area contributed by atoms with E-state index in [-0.39, 0.29) is 12.5 Å². The molecule has 0 radical (unpaired) electrons. The number of carbonyl (C=O) groups is 1. The van der Waals surface area contributed by atoms with Gasteiger partial charge < -0.3 is 40.3 Å². The maximum atomic E-state index is 13.0. The van der Waals surface area contributed by atoms with Gasteiger partial charge in [0.15, 0.2) is 6.29 Å². The summed E-state index contributed by atoms with van der Waals surface area (Å²) in [5, 5.41) is 54.3. The van der Waals surface area contributed by atoms with Crippen LogP contribution in [0.4, 0.5) is 0 Å². The van der Waals surface area contributed by atoms with Gasteiger partial charge in [0.25, 0.3) is 0 Å². The Morgan fingerprint density at radius 2 is 0.831 bits per heavy atom. The Kier molecular flexibility index (Phi) is 48.8. The van der Waals surface area contributed by atoms with E-state index in [1.165, 1.54) is 205 Å². The van der Waals surface area contributed by atoms with Gasteiger partial charge >= 0.3 is 0 Å². The van der Waals surface area contributed by atoms with Gasteiger partial charge in [-0.3, -0.25) is 4.79 Å². The molecule has 0 aromatic carbocycles. The number of nitrogens with one attached hydrogen (secondary N) is 1. The highest BCUT2D eigenvalue weighted by molar-refractivity contribution is 5.76. The van der Waals surface area contributed by atoms with Gasteiger partial charge in [-0.05, 0) is 64.2 Å². The van der Waals surface area contributed by atoms with E-state index in [1.807, 2.05) is 6.08 Å². The number of aliphatic hydroxyl groups excluding tert-OH is 5. The lowest BCUT2D eigenvalue weighted by atomic mass is 9.99. The lowest BCUT2D eigenvalue weighted by Crippen LogP contribution is -2.60. The first-order valence-corrected chi connectivity index (χ1v) is 30.4. The molecule has 0 aliphatic carbocycles. The van der Waals surface area contributed by atoms with Crippen molar-refractivity contribution >= 4 is 5.91 Å². The highest BCUT2D eigenvalue weighted by Gasteiger charge is 2.44. The summed E-state index contributed by atoms with van der Waals surface area (Å²) in [6, 6.07) is -0.826. The molecule has 0 saturated carbocycles. The fraction of sp³-hybridized carbons (Fsp3) is 0.855. The molecule has 1 fully saturated rings. The van der Waals surface area contributed by atoms with Crippen molar-refractivity contribution in [3.05, 3.63) is 48.6 Å². The first-order chi connectivity index (χ1) is 34.8. The molecule has 0 aromatic heterocycles. The van der Waals surface area contributed by atoms with Crippen LogP contribution in [0.1, 0.15) is 284 Å². The number of aliphatic hydroxyl groups is 5. The molecule has 6 N–H and O–H groups in total. The maximum absolute atomic E-state index is 13.0. The van der Waals surface area contributed by atoms with Crippen molar-refractivity contribution in [3.63, 3.8) is 0 Å². The van der Waals surface area contributed by atoms with Gasteiger partial charge in [0.05, 0.1) is 25.4 Å². The van der Waals surface area contributed by atoms with Crippen molar-refractivity contribution in [3.8, 4) is 0 Å². The van der Waals surface area contributed by atoms with Crippen molar-refractivity contribution in [2.24, 2.45) is 0 Å². The number of allylic oxidation sites excluding steroid dienone is 7. The molecule has 1 amide bonds. The van der Waals surface area contributed by atoms with E-state index in [0.717, 1.165) is 57.8 Å². The molecule has 1 aliphatic rings. The zero-order valence-corrected chi connectivity index (χ0v) is 46.2. The minimum atomic E-state index is -1.57. The number of unbranched alkanes of at least 4 members (excludes halogenated alkanes) is 36. The average Bonchev–Trinajstić information content (AvgIpc) is 3.37. The van der Waals surface area contributed by atoms with Crippen LogP contribution in [-0.2, 0) is 14.3 Å². The van der Waals surface area contributed by atoms with E-state index >= 15 is 0 Å². The van der Waals surface area contributed by atoms with Gasteiger partial charge in [-0.2, -0.15) is 0 Å². The van der Waals surface area contributed by atoms with Crippen LogP contribution >= 0.6 is 0 Å². The van der Waals surface area contributed by atoms with E-state index < -0.39 is 49.5 Å². The van der Waals surface area contributed by atoms with Crippen LogP contribution < -0.4 is 5.32 Å². The normalized spacial score (nSPS) is 19.6. The van der Waals surface area contributed by atoms with Crippen LogP contribution in [0.5, 0.6) is 0 Å². The average molecular weight is 1000 g/mol. The van der Waals surface area contributed by atoms with Crippen molar-refractivity contribution in [1.82, 2.24) is 5.32 Å². The molecule has 0 bridgehead atoms. The lowest BCUT2D eigenvalue weighted by Gasteiger charge is -2.40. The third-order valence-corrected chi connectivity index (χ3v) is 14.3. The molecular formula is C62H115NO8. The molecule has 0 spiro atoms. The van der Waals surface area contributed by atoms with Crippen molar-refractivity contribution < 1.29 is 39.8 Å². The van der Waals surface area contributed by atoms with Crippen LogP contribution in [-0.4, -0.2) is 87.5 Å². The van der Waals surface area contributed by atoms with Crippen LogP contribution in [0.25, 0.3) is 0 Å². The number of hydrogen-bond donors (Lipinski definition) is 6. The smallest absolute Gasteiger partial charge is 0.220 e. The van der Waals surface area contributed by atoms with Crippen LogP contribution in [0.2, 0.25) is 0 Å². The molecule has 1 heterocycles. The lowest BCUT2D eigenvalue weighted by molar-refractivity contribution is -0.302. The number of amides is 1. The zero-order chi connectivity index (χ0) is 51.5. The third kappa shape index (κ3) is 41.1. The Morgan fingerprint density at radius 1 is 0.465 bits per heavy atom. The molecule has 7 atom stereocenters. The Morgan fingerprint density at radius 3 is 1.24 bits per heavy atom. The Labute approximate surface area is 437 Å². The van der Waals surface area contributed by atoms with Crippen LogP contribution in [0.15, 0.2) is 48.6 Å². The molecule has 1 rings (SSSR count). The second kappa shape index (κ2) is 51.6. The Balaban J connectivity index is 2.03. The Bertz CT molecular complexity index is 1250. The van der Waals surface area contributed by atoms with Gasteiger partial charge in [-0.1, -0.05) is 262 Å². The molecule has 9 heteroatoms. The Hall–Kier alpha value is -1.85. The maximum Gasteiger partial charge on any atom is 0.220 e. The highest BCUT2D eigenvalue weighted by atomic mass is 16.7. The highest BCUT2D eigenvalue weighted by Crippen LogP contribution is 2.23.